The third kappa shape index (κ3) is 3.57. The summed E-state index contributed by atoms with van der Waals surface area (Å²) < 4.78 is 41.7. The van der Waals surface area contributed by atoms with Gasteiger partial charge in [0.15, 0.2) is 11.2 Å². The van der Waals surface area contributed by atoms with E-state index < -0.39 is 24.0 Å². The summed E-state index contributed by atoms with van der Waals surface area (Å²) in [4.78, 5) is 31.1. The number of hydrogen-bond donors (Lipinski definition) is 1. The lowest BCUT2D eigenvalue weighted by Gasteiger charge is -2.28. The van der Waals surface area contributed by atoms with Crippen LogP contribution in [0.5, 0.6) is 0 Å². The van der Waals surface area contributed by atoms with Crippen LogP contribution in [0.1, 0.15) is 6.92 Å². The number of rotatable bonds is 3. The van der Waals surface area contributed by atoms with Crippen molar-refractivity contribution in [2.45, 2.75) is 26.2 Å². The Morgan fingerprint density at radius 2 is 1.85 bits per heavy atom. The Morgan fingerprint density at radius 3 is 2.44 bits per heavy atom. The van der Waals surface area contributed by atoms with Crippen molar-refractivity contribution < 1.29 is 13.2 Å². The maximum Gasteiger partial charge on any atom is 0.406 e. The molecule has 0 radical (unpaired) electrons. The lowest BCUT2D eigenvalue weighted by atomic mass is 10.4. The van der Waals surface area contributed by atoms with E-state index in [0.29, 0.717) is 41.3 Å². The molecule has 1 fully saturated rings. The number of fused-ring (bicyclic) bond motifs is 1. The number of aromatic nitrogens is 4. The fourth-order valence-corrected chi connectivity index (χ4v) is 3.08. The lowest BCUT2D eigenvalue weighted by Crippen LogP contribution is -2.44. The van der Waals surface area contributed by atoms with Gasteiger partial charge in [-0.2, -0.15) is 18.2 Å². The molecule has 3 heterocycles. The quantitative estimate of drug-likeness (QED) is 0.748. The zero-order chi connectivity index (χ0) is 19.8. The van der Waals surface area contributed by atoms with Gasteiger partial charge in [-0.1, -0.05) is 5.92 Å². The van der Waals surface area contributed by atoms with Crippen molar-refractivity contribution in [3.05, 3.63) is 20.8 Å². The van der Waals surface area contributed by atoms with Crippen LogP contribution in [-0.4, -0.2) is 51.0 Å². The highest BCUT2D eigenvalue weighted by Gasteiger charge is 2.32. The molecular weight excluding hydrogens is 365 g/mol. The van der Waals surface area contributed by atoms with E-state index in [1.54, 1.807) is 6.92 Å². The first-order valence-corrected chi connectivity index (χ1v) is 8.36. The minimum Gasteiger partial charge on any atom is -0.340 e. The summed E-state index contributed by atoms with van der Waals surface area (Å²) >= 11 is 0. The topological polar surface area (TPSA) is 77.1 Å². The number of hydrogen-bond acceptors (Lipinski definition) is 5. The SMILES string of the molecule is CC#CCn1c(N2CCNCC2)nc2c1c(=O)n(C)c(=O)n2CC(F)(F)F. The molecule has 0 atom stereocenters. The monoisotopic (exact) mass is 384 g/mol. The Hall–Kier alpha value is -2.74. The minimum atomic E-state index is -4.63. The Kier molecular flexibility index (Phi) is 5.01. The predicted molar refractivity (Wildman–Crippen MR) is 93.8 cm³/mol. The molecule has 2 aromatic heterocycles. The van der Waals surface area contributed by atoms with E-state index >= 15 is 0 Å². The number of imidazole rings is 1. The van der Waals surface area contributed by atoms with Gasteiger partial charge in [0.25, 0.3) is 5.56 Å². The average Bonchev–Trinajstić information content (AvgIpc) is 3.01. The van der Waals surface area contributed by atoms with Crippen molar-refractivity contribution in [3.8, 4) is 11.8 Å². The van der Waals surface area contributed by atoms with Gasteiger partial charge in [0.2, 0.25) is 5.95 Å². The zero-order valence-corrected chi connectivity index (χ0v) is 14.9. The van der Waals surface area contributed by atoms with E-state index in [2.05, 4.69) is 22.1 Å². The molecule has 0 spiro atoms. The van der Waals surface area contributed by atoms with E-state index in [9.17, 15) is 22.8 Å². The molecule has 8 nitrogen and oxygen atoms in total. The zero-order valence-electron chi connectivity index (χ0n) is 14.9. The van der Waals surface area contributed by atoms with Crippen LogP contribution in [0, 0.1) is 11.8 Å². The molecular formula is C16H19F3N6O2. The minimum absolute atomic E-state index is 0.0577. The third-order valence-corrected chi connectivity index (χ3v) is 4.36. The van der Waals surface area contributed by atoms with Crippen LogP contribution in [0.2, 0.25) is 0 Å². The summed E-state index contributed by atoms with van der Waals surface area (Å²) in [7, 11) is 1.16. The van der Waals surface area contributed by atoms with Crippen molar-refractivity contribution in [3.63, 3.8) is 0 Å². The second-order valence-corrected chi connectivity index (χ2v) is 6.18. The molecule has 0 unspecified atom stereocenters. The van der Waals surface area contributed by atoms with Gasteiger partial charge >= 0.3 is 11.9 Å². The van der Waals surface area contributed by atoms with Crippen molar-refractivity contribution in [2.75, 3.05) is 31.1 Å². The summed E-state index contributed by atoms with van der Waals surface area (Å²) in [6.45, 7) is 2.70. The molecule has 11 heteroatoms. The van der Waals surface area contributed by atoms with Crippen molar-refractivity contribution in [1.82, 2.24) is 24.0 Å². The highest BCUT2D eigenvalue weighted by atomic mass is 19.4. The summed E-state index contributed by atoms with van der Waals surface area (Å²) in [6, 6.07) is 0. The van der Waals surface area contributed by atoms with Gasteiger partial charge < -0.3 is 10.2 Å². The van der Waals surface area contributed by atoms with E-state index in [4.69, 9.17) is 0 Å². The number of nitrogens with zero attached hydrogens (tertiary/aromatic N) is 5. The smallest absolute Gasteiger partial charge is 0.340 e. The highest BCUT2D eigenvalue weighted by Crippen LogP contribution is 2.23. The van der Waals surface area contributed by atoms with Gasteiger partial charge in [0.05, 0.1) is 6.54 Å². The molecule has 0 bridgehead atoms. The first-order chi connectivity index (χ1) is 12.7. The van der Waals surface area contributed by atoms with E-state index in [1.165, 1.54) is 4.57 Å². The van der Waals surface area contributed by atoms with E-state index in [0.717, 1.165) is 7.05 Å². The normalized spacial score (nSPS) is 15.1. The Bertz CT molecular complexity index is 1030. The van der Waals surface area contributed by atoms with E-state index in [1.807, 2.05) is 4.90 Å². The third-order valence-electron chi connectivity index (χ3n) is 4.36. The Labute approximate surface area is 152 Å². The van der Waals surface area contributed by atoms with E-state index in [-0.39, 0.29) is 17.7 Å². The van der Waals surface area contributed by atoms with Crippen LogP contribution >= 0.6 is 0 Å². The summed E-state index contributed by atoms with van der Waals surface area (Å²) in [5.41, 5.74) is -2.08. The molecule has 0 aromatic carbocycles. The first-order valence-electron chi connectivity index (χ1n) is 8.36. The van der Waals surface area contributed by atoms with Crippen molar-refractivity contribution in [2.24, 2.45) is 7.05 Å². The van der Waals surface area contributed by atoms with Gasteiger partial charge in [-0.25, -0.2) is 4.79 Å². The van der Waals surface area contributed by atoms with Gasteiger partial charge in [0.1, 0.15) is 6.54 Å². The largest absolute Gasteiger partial charge is 0.406 e. The lowest BCUT2D eigenvalue weighted by molar-refractivity contribution is -0.140. The number of nitrogens with one attached hydrogen (secondary N) is 1. The standard InChI is InChI=1S/C16H19F3N6O2/c1-3-4-7-24-11-12(21-14(24)23-8-5-20-6-9-23)25(10-16(17,18)19)15(27)22(2)13(11)26/h20H,5-10H2,1-2H3. The molecule has 27 heavy (non-hydrogen) atoms. The van der Waals surface area contributed by atoms with Crippen LogP contribution in [0.3, 0.4) is 0 Å². The molecule has 1 aliphatic heterocycles. The Morgan fingerprint density at radius 1 is 1.19 bits per heavy atom. The maximum atomic E-state index is 13.0. The maximum absolute atomic E-state index is 13.0. The van der Waals surface area contributed by atoms with Crippen LogP contribution in [0.25, 0.3) is 11.2 Å². The van der Waals surface area contributed by atoms with Gasteiger partial charge in [-0.05, 0) is 6.92 Å². The van der Waals surface area contributed by atoms with Gasteiger partial charge in [0, 0.05) is 33.2 Å². The van der Waals surface area contributed by atoms with Crippen LogP contribution in [-0.2, 0) is 20.1 Å². The van der Waals surface area contributed by atoms with Gasteiger partial charge in [-0.3, -0.25) is 18.5 Å². The fraction of sp³-hybridized carbons (Fsp3) is 0.562. The number of halogens is 3. The molecule has 0 saturated carbocycles. The molecule has 1 N–H and O–H groups in total. The summed E-state index contributed by atoms with van der Waals surface area (Å²) in [5.74, 6) is 5.88. The number of anilines is 1. The molecule has 3 rings (SSSR count). The number of piperazine rings is 1. The Balaban J connectivity index is 2.34. The van der Waals surface area contributed by atoms with Crippen LogP contribution in [0.4, 0.5) is 19.1 Å². The van der Waals surface area contributed by atoms with Gasteiger partial charge in [-0.15, -0.1) is 5.92 Å². The summed E-state index contributed by atoms with van der Waals surface area (Å²) in [6.07, 6.45) is -4.63. The predicted octanol–water partition coefficient (Wildman–Crippen LogP) is -0.108. The molecule has 0 amide bonds. The molecule has 146 valence electrons. The molecule has 2 aromatic rings. The van der Waals surface area contributed by atoms with Crippen LogP contribution < -0.4 is 21.5 Å². The average molecular weight is 384 g/mol. The first kappa shape index (κ1) is 19.0. The van der Waals surface area contributed by atoms with Crippen LogP contribution in [0.15, 0.2) is 9.59 Å². The second-order valence-electron chi connectivity index (χ2n) is 6.18. The van der Waals surface area contributed by atoms with Crippen molar-refractivity contribution >= 4 is 17.1 Å². The second kappa shape index (κ2) is 7.11. The molecule has 1 saturated heterocycles. The molecule has 1 aliphatic rings. The van der Waals surface area contributed by atoms with Crippen molar-refractivity contribution in [1.29, 1.82) is 0 Å². The fourth-order valence-electron chi connectivity index (χ4n) is 3.08. The summed E-state index contributed by atoms with van der Waals surface area (Å²) in [5, 5.41) is 3.18. The number of alkyl halides is 3. The molecule has 0 aliphatic carbocycles. The highest BCUT2D eigenvalue weighted by molar-refractivity contribution is 5.75.